The molecule has 0 fully saturated rings. The van der Waals surface area contributed by atoms with Crippen molar-refractivity contribution in [1.29, 1.82) is 0 Å². The smallest absolute Gasteiger partial charge is 0.244 e. The molecular formula is C24H24N2O4S. The number of hydrogen-bond donors (Lipinski definition) is 1. The molecule has 1 aliphatic heterocycles. The Labute approximate surface area is 182 Å². The molecule has 1 N–H and O–H groups in total. The van der Waals surface area contributed by atoms with Crippen LogP contribution in [0.5, 0.6) is 5.75 Å². The maximum atomic E-state index is 13.5. The predicted molar refractivity (Wildman–Crippen MR) is 119 cm³/mol. The predicted octanol–water partition coefficient (Wildman–Crippen LogP) is 3.76. The van der Waals surface area contributed by atoms with Crippen LogP contribution in [0, 0.1) is 6.92 Å². The lowest BCUT2D eigenvalue weighted by Gasteiger charge is -2.35. The number of nitrogens with one attached hydrogen (secondary N) is 1. The van der Waals surface area contributed by atoms with Gasteiger partial charge in [-0.15, -0.1) is 0 Å². The minimum atomic E-state index is -3.88. The Kier molecular flexibility index (Phi) is 5.80. The van der Waals surface area contributed by atoms with E-state index in [1.807, 2.05) is 31.2 Å². The largest absolute Gasteiger partial charge is 0.495 e. The number of anilines is 1. The molecule has 6 nitrogen and oxygen atoms in total. The summed E-state index contributed by atoms with van der Waals surface area (Å²) in [6, 6.07) is 20.5. The lowest BCUT2D eigenvalue weighted by atomic mass is 9.95. The van der Waals surface area contributed by atoms with Crippen molar-refractivity contribution in [2.75, 3.05) is 12.4 Å². The third kappa shape index (κ3) is 4.19. The molecule has 0 aromatic heterocycles. The zero-order valence-corrected chi connectivity index (χ0v) is 18.2. The topological polar surface area (TPSA) is 75.7 Å². The van der Waals surface area contributed by atoms with Crippen LogP contribution in [0.4, 0.5) is 5.69 Å². The Morgan fingerprint density at radius 3 is 2.32 bits per heavy atom. The average molecular weight is 437 g/mol. The highest BCUT2D eigenvalue weighted by atomic mass is 32.2. The molecule has 1 amide bonds. The van der Waals surface area contributed by atoms with Gasteiger partial charge >= 0.3 is 0 Å². The molecule has 1 heterocycles. The van der Waals surface area contributed by atoms with E-state index in [0.717, 1.165) is 16.7 Å². The number of rotatable bonds is 5. The first kappa shape index (κ1) is 21.1. The lowest BCUT2D eigenvalue weighted by molar-refractivity contribution is -0.120. The number of carbonyl (C=O) groups is 1. The second-order valence-electron chi connectivity index (χ2n) is 7.54. The Morgan fingerprint density at radius 2 is 1.61 bits per heavy atom. The standard InChI is InChI=1S/C24H24N2O4S/c1-17-11-13-20(14-12-17)31(28,29)26-16-19-8-4-3-7-18(19)15-22(26)24(27)25-21-9-5-6-10-23(21)30-2/h3-14,22H,15-16H2,1-2H3,(H,25,27). The van der Waals surface area contributed by atoms with Gasteiger partial charge in [-0.05, 0) is 48.7 Å². The van der Waals surface area contributed by atoms with Crippen molar-refractivity contribution < 1.29 is 17.9 Å². The summed E-state index contributed by atoms with van der Waals surface area (Å²) < 4.78 is 33.7. The summed E-state index contributed by atoms with van der Waals surface area (Å²) in [7, 11) is -2.36. The second kappa shape index (κ2) is 8.53. The molecule has 0 bridgehead atoms. The van der Waals surface area contributed by atoms with Gasteiger partial charge in [0.05, 0.1) is 17.7 Å². The number of hydrogen-bond acceptors (Lipinski definition) is 4. The van der Waals surface area contributed by atoms with E-state index in [9.17, 15) is 13.2 Å². The van der Waals surface area contributed by atoms with Crippen LogP contribution in [-0.2, 0) is 27.8 Å². The Bertz CT molecular complexity index is 1210. The molecule has 0 aliphatic carbocycles. The van der Waals surface area contributed by atoms with Crippen LogP contribution in [0.15, 0.2) is 77.7 Å². The first-order chi connectivity index (χ1) is 14.9. The van der Waals surface area contributed by atoms with E-state index in [1.165, 1.54) is 11.4 Å². The molecule has 0 radical (unpaired) electrons. The molecule has 4 rings (SSSR count). The SMILES string of the molecule is COc1ccccc1NC(=O)C1Cc2ccccc2CN1S(=O)(=O)c1ccc(C)cc1. The monoisotopic (exact) mass is 436 g/mol. The number of carbonyl (C=O) groups excluding carboxylic acids is 1. The average Bonchev–Trinajstić information content (AvgIpc) is 2.78. The van der Waals surface area contributed by atoms with E-state index in [1.54, 1.807) is 48.5 Å². The van der Waals surface area contributed by atoms with Gasteiger partial charge in [-0.3, -0.25) is 4.79 Å². The van der Waals surface area contributed by atoms with Crippen LogP contribution in [0.25, 0.3) is 0 Å². The fourth-order valence-corrected chi connectivity index (χ4v) is 5.35. The van der Waals surface area contributed by atoms with E-state index in [4.69, 9.17) is 4.74 Å². The number of benzene rings is 3. The molecule has 0 saturated heterocycles. The Hall–Kier alpha value is -3.16. The van der Waals surface area contributed by atoms with Gasteiger partial charge < -0.3 is 10.1 Å². The number of ether oxygens (including phenoxy) is 1. The zero-order valence-electron chi connectivity index (χ0n) is 17.4. The lowest BCUT2D eigenvalue weighted by Crippen LogP contribution is -2.50. The highest BCUT2D eigenvalue weighted by molar-refractivity contribution is 7.89. The van der Waals surface area contributed by atoms with Crippen molar-refractivity contribution in [3.05, 3.63) is 89.5 Å². The highest BCUT2D eigenvalue weighted by Gasteiger charge is 2.39. The fourth-order valence-electron chi connectivity index (χ4n) is 3.78. The van der Waals surface area contributed by atoms with Crippen LogP contribution in [0.2, 0.25) is 0 Å². The zero-order chi connectivity index (χ0) is 22.0. The van der Waals surface area contributed by atoms with E-state index in [2.05, 4.69) is 5.32 Å². The van der Waals surface area contributed by atoms with Crippen molar-refractivity contribution in [3.63, 3.8) is 0 Å². The Morgan fingerprint density at radius 1 is 0.968 bits per heavy atom. The van der Waals surface area contributed by atoms with Gasteiger partial charge in [0.1, 0.15) is 11.8 Å². The first-order valence-electron chi connectivity index (χ1n) is 9.99. The summed E-state index contributed by atoms with van der Waals surface area (Å²) in [6.45, 7) is 2.04. The first-order valence-corrected chi connectivity index (χ1v) is 11.4. The van der Waals surface area contributed by atoms with Crippen LogP contribution in [0.1, 0.15) is 16.7 Å². The molecule has 3 aromatic rings. The molecule has 31 heavy (non-hydrogen) atoms. The van der Waals surface area contributed by atoms with Crippen molar-refractivity contribution >= 4 is 21.6 Å². The van der Waals surface area contributed by atoms with Gasteiger partial charge in [-0.25, -0.2) is 8.42 Å². The van der Waals surface area contributed by atoms with E-state index >= 15 is 0 Å². The number of methoxy groups -OCH3 is 1. The van der Waals surface area contributed by atoms with Crippen LogP contribution < -0.4 is 10.1 Å². The quantitative estimate of drug-likeness (QED) is 0.661. The van der Waals surface area contributed by atoms with Crippen LogP contribution in [0.3, 0.4) is 0 Å². The summed E-state index contributed by atoms with van der Waals surface area (Å²) in [5, 5.41) is 2.85. The van der Waals surface area contributed by atoms with Crippen molar-refractivity contribution in [2.24, 2.45) is 0 Å². The van der Waals surface area contributed by atoms with Gasteiger partial charge in [-0.1, -0.05) is 54.1 Å². The van der Waals surface area contributed by atoms with Crippen molar-refractivity contribution in [2.45, 2.75) is 30.8 Å². The number of sulfonamides is 1. The van der Waals surface area contributed by atoms with E-state index < -0.39 is 22.0 Å². The molecular weight excluding hydrogens is 412 g/mol. The molecule has 0 saturated carbocycles. The highest BCUT2D eigenvalue weighted by Crippen LogP contribution is 2.31. The number of amides is 1. The number of para-hydroxylation sites is 2. The molecule has 1 atom stereocenters. The third-order valence-corrected chi connectivity index (χ3v) is 7.37. The summed E-state index contributed by atoms with van der Waals surface area (Å²) in [4.78, 5) is 13.5. The maximum Gasteiger partial charge on any atom is 0.244 e. The second-order valence-corrected chi connectivity index (χ2v) is 9.43. The summed E-state index contributed by atoms with van der Waals surface area (Å²) in [5.41, 5.74) is 3.34. The minimum Gasteiger partial charge on any atom is -0.495 e. The van der Waals surface area contributed by atoms with Gasteiger partial charge in [0.25, 0.3) is 0 Å². The fraction of sp³-hybridized carbons (Fsp3) is 0.208. The van der Waals surface area contributed by atoms with Crippen LogP contribution >= 0.6 is 0 Å². The molecule has 1 aliphatic rings. The van der Waals surface area contributed by atoms with Gasteiger partial charge in [0, 0.05) is 6.54 Å². The van der Waals surface area contributed by atoms with Gasteiger partial charge in [0.2, 0.25) is 15.9 Å². The van der Waals surface area contributed by atoms with Gasteiger partial charge in [-0.2, -0.15) is 4.31 Å². The van der Waals surface area contributed by atoms with E-state index in [0.29, 0.717) is 17.9 Å². The minimum absolute atomic E-state index is 0.135. The third-order valence-electron chi connectivity index (χ3n) is 5.50. The van der Waals surface area contributed by atoms with Crippen molar-refractivity contribution in [1.82, 2.24) is 4.31 Å². The molecule has 1 unspecified atom stereocenters. The normalized spacial score (nSPS) is 16.4. The Balaban J connectivity index is 1.72. The van der Waals surface area contributed by atoms with Crippen LogP contribution in [-0.4, -0.2) is 31.8 Å². The number of fused-ring (bicyclic) bond motifs is 1. The number of nitrogens with zero attached hydrogens (tertiary/aromatic N) is 1. The summed E-state index contributed by atoms with van der Waals surface area (Å²) >= 11 is 0. The molecule has 0 spiro atoms. The maximum absolute atomic E-state index is 13.5. The summed E-state index contributed by atoms with van der Waals surface area (Å²) in [5.74, 6) is 0.120. The molecule has 3 aromatic carbocycles. The number of aryl methyl sites for hydroxylation is 1. The summed E-state index contributed by atoms with van der Waals surface area (Å²) in [6.07, 6.45) is 0.294. The van der Waals surface area contributed by atoms with Crippen molar-refractivity contribution in [3.8, 4) is 5.75 Å². The van der Waals surface area contributed by atoms with E-state index in [-0.39, 0.29) is 11.4 Å². The molecule has 160 valence electrons. The van der Waals surface area contributed by atoms with Gasteiger partial charge in [0.15, 0.2) is 0 Å². The molecule has 7 heteroatoms.